The van der Waals surface area contributed by atoms with Gasteiger partial charge in [0.15, 0.2) is 12.4 Å². The second-order valence-corrected chi connectivity index (χ2v) is 6.06. The van der Waals surface area contributed by atoms with E-state index >= 15 is 0 Å². The summed E-state index contributed by atoms with van der Waals surface area (Å²) in [5, 5.41) is 13.4. The van der Waals surface area contributed by atoms with Crippen molar-refractivity contribution < 1.29 is 9.53 Å². The summed E-state index contributed by atoms with van der Waals surface area (Å²) in [7, 11) is 0. The highest BCUT2D eigenvalue weighted by atomic mass is 32.1. The highest BCUT2D eigenvalue weighted by Gasteiger charge is 2.17. The van der Waals surface area contributed by atoms with Crippen LogP contribution < -0.4 is 0 Å². The quantitative estimate of drug-likeness (QED) is 0.517. The Kier molecular flexibility index (Phi) is 4.09. The zero-order chi connectivity index (χ0) is 17.1. The Labute approximate surface area is 147 Å². The van der Waals surface area contributed by atoms with Gasteiger partial charge in [-0.25, -0.2) is 4.79 Å². The molecule has 0 amide bonds. The van der Waals surface area contributed by atoms with Crippen LogP contribution in [0.5, 0.6) is 0 Å². The number of benzene rings is 1. The summed E-state index contributed by atoms with van der Waals surface area (Å²) in [4.78, 5) is 13.0. The number of tetrazole rings is 1. The first-order valence-electron chi connectivity index (χ1n) is 7.53. The predicted octanol–water partition coefficient (Wildman–Crippen LogP) is 2.87. The van der Waals surface area contributed by atoms with E-state index in [1.807, 2.05) is 70.9 Å². The van der Waals surface area contributed by atoms with E-state index in [-0.39, 0.29) is 6.61 Å². The number of carbonyl (C=O) groups is 1. The van der Waals surface area contributed by atoms with E-state index < -0.39 is 5.97 Å². The molecule has 8 heteroatoms. The Morgan fingerprint density at radius 1 is 1.08 bits per heavy atom. The smallest absolute Gasteiger partial charge is 0.350 e. The van der Waals surface area contributed by atoms with E-state index in [0.29, 0.717) is 10.7 Å². The molecule has 0 unspecified atom stereocenters. The third kappa shape index (κ3) is 3.07. The third-order valence-corrected chi connectivity index (χ3v) is 4.46. The minimum absolute atomic E-state index is 0.0102. The van der Waals surface area contributed by atoms with Crippen LogP contribution in [0.2, 0.25) is 0 Å². The molecule has 0 bridgehead atoms. The Morgan fingerprint density at radius 2 is 1.88 bits per heavy atom. The van der Waals surface area contributed by atoms with Gasteiger partial charge in [0.25, 0.3) is 0 Å². The zero-order valence-electron chi connectivity index (χ0n) is 13.0. The lowest BCUT2D eigenvalue weighted by Crippen LogP contribution is -2.10. The summed E-state index contributed by atoms with van der Waals surface area (Å²) in [5.41, 5.74) is 1.60. The average Bonchev–Trinajstić information content (AvgIpc) is 3.41. The maximum atomic E-state index is 12.5. The number of rotatable bonds is 5. The standard InChI is InChI=1S/C17H13N5O2S/c23-17(16-14(8-11-25-16)21-9-4-5-10-21)24-12-15-18-19-20-22(15)13-6-2-1-3-7-13/h1-11H,12H2. The molecule has 7 nitrogen and oxygen atoms in total. The number of nitrogens with zero attached hydrogens (tertiary/aromatic N) is 5. The fourth-order valence-corrected chi connectivity index (χ4v) is 3.20. The SMILES string of the molecule is O=C(OCc1nnnn1-c1ccccc1)c1sccc1-n1cccc1. The lowest BCUT2D eigenvalue weighted by Gasteiger charge is -2.07. The summed E-state index contributed by atoms with van der Waals surface area (Å²) in [5.74, 6) is 0.0555. The molecule has 4 aromatic rings. The van der Waals surface area contributed by atoms with Crippen molar-refractivity contribution in [3.63, 3.8) is 0 Å². The van der Waals surface area contributed by atoms with Gasteiger partial charge in [-0.3, -0.25) is 0 Å². The molecule has 3 aromatic heterocycles. The van der Waals surface area contributed by atoms with Gasteiger partial charge in [0.05, 0.1) is 11.4 Å². The molecular formula is C17H13N5O2S. The third-order valence-electron chi connectivity index (χ3n) is 3.58. The molecule has 25 heavy (non-hydrogen) atoms. The van der Waals surface area contributed by atoms with Gasteiger partial charge in [0, 0.05) is 12.4 Å². The van der Waals surface area contributed by atoms with Gasteiger partial charge in [0.2, 0.25) is 0 Å². The molecule has 0 atom stereocenters. The zero-order valence-corrected chi connectivity index (χ0v) is 13.8. The first-order valence-corrected chi connectivity index (χ1v) is 8.41. The van der Waals surface area contributed by atoms with Gasteiger partial charge in [-0.15, -0.1) is 16.4 Å². The van der Waals surface area contributed by atoms with E-state index in [4.69, 9.17) is 4.74 Å². The lowest BCUT2D eigenvalue weighted by molar-refractivity contribution is 0.0465. The van der Waals surface area contributed by atoms with Gasteiger partial charge >= 0.3 is 5.97 Å². The van der Waals surface area contributed by atoms with Crippen LogP contribution in [0.4, 0.5) is 0 Å². The highest BCUT2D eigenvalue weighted by molar-refractivity contribution is 7.12. The molecule has 0 fully saturated rings. The van der Waals surface area contributed by atoms with Crippen molar-refractivity contribution in [2.24, 2.45) is 0 Å². The number of para-hydroxylation sites is 1. The summed E-state index contributed by atoms with van der Waals surface area (Å²) >= 11 is 1.34. The Bertz CT molecular complexity index is 976. The summed E-state index contributed by atoms with van der Waals surface area (Å²) in [6.45, 7) is -0.0102. The largest absolute Gasteiger partial charge is 0.453 e. The Hall–Kier alpha value is -3.26. The highest BCUT2D eigenvalue weighted by Crippen LogP contribution is 2.22. The van der Waals surface area contributed by atoms with Gasteiger partial charge in [-0.1, -0.05) is 18.2 Å². The van der Waals surface area contributed by atoms with Crippen molar-refractivity contribution in [1.82, 2.24) is 24.8 Å². The molecule has 124 valence electrons. The maximum absolute atomic E-state index is 12.5. The second kappa shape index (κ2) is 6.70. The number of aromatic nitrogens is 5. The average molecular weight is 351 g/mol. The molecule has 0 spiro atoms. The monoisotopic (exact) mass is 351 g/mol. The molecule has 0 saturated heterocycles. The van der Waals surface area contributed by atoms with E-state index in [0.717, 1.165) is 11.4 Å². The number of esters is 1. The van der Waals surface area contributed by atoms with E-state index in [1.165, 1.54) is 11.3 Å². The molecule has 0 aliphatic heterocycles. The van der Waals surface area contributed by atoms with E-state index in [2.05, 4.69) is 15.5 Å². The number of thiophene rings is 1. The first kappa shape index (κ1) is 15.3. The molecule has 1 aromatic carbocycles. The normalized spacial score (nSPS) is 10.7. The molecule has 0 saturated carbocycles. The number of hydrogen-bond donors (Lipinski definition) is 0. The number of hydrogen-bond acceptors (Lipinski definition) is 6. The fraction of sp³-hybridized carbons (Fsp3) is 0.0588. The van der Waals surface area contributed by atoms with Crippen LogP contribution in [0.1, 0.15) is 15.5 Å². The van der Waals surface area contributed by atoms with Crippen molar-refractivity contribution in [2.75, 3.05) is 0 Å². The number of ether oxygens (including phenoxy) is 1. The summed E-state index contributed by atoms with van der Waals surface area (Å²) in [6.07, 6.45) is 3.77. The van der Waals surface area contributed by atoms with Crippen LogP contribution in [0.3, 0.4) is 0 Å². The Morgan fingerprint density at radius 3 is 2.68 bits per heavy atom. The maximum Gasteiger partial charge on any atom is 0.350 e. The van der Waals surface area contributed by atoms with Crippen molar-refractivity contribution in [1.29, 1.82) is 0 Å². The van der Waals surface area contributed by atoms with E-state index in [9.17, 15) is 4.79 Å². The molecule has 3 heterocycles. The second-order valence-electron chi connectivity index (χ2n) is 5.14. The molecular weight excluding hydrogens is 338 g/mol. The minimum Gasteiger partial charge on any atom is -0.453 e. The van der Waals surface area contributed by atoms with Gasteiger partial charge in [0.1, 0.15) is 4.88 Å². The van der Waals surface area contributed by atoms with Crippen LogP contribution in [-0.4, -0.2) is 30.7 Å². The Balaban J connectivity index is 1.51. The lowest BCUT2D eigenvalue weighted by atomic mass is 10.3. The fourth-order valence-electron chi connectivity index (χ4n) is 2.41. The van der Waals surface area contributed by atoms with Crippen LogP contribution in [0.25, 0.3) is 11.4 Å². The predicted molar refractivity (Wildman–Crippen MR) is 91.9 cm³/mol. The van der Waals surface area contributed by atoms with Gasteiger partial charge in [-0.2, -0.15) is 4.68 Å². The van der Waals surface area contributed by atoms with Crippen molar-refractivity contribution in [3.05, 3.63) is 77.0 Å². The molecule has 0 radical (unpaired) electrons. The van der Waals surface area contributed by atoms with E-state index in [1.54, 1.807) is 4.68 Å². The van der Waals surface area contributed by atoms with Crippen LogP contribution >= 0.6 is 11.3 Å². The molecule has 0 aliphatic carbocycles. The molecule has 0 aliphatic rings. The minimum atomic E-state index is -0.402. The van der Waals surface area contributed by atoms with Crippen LogP contribution in [-0.2, 0) is 11.3 Å². The van der Waals surface area contributed by atoms with Crippen molar-refractivity contribution in [2.45, 2.75) is 6.61 Å². The van der Waals surface area contributed by atoms with Crippen molar-refractivity contribution in [3.8, 4) is 11.4 Å². The van der Waals surface area contributed by atoms with Crippen molar-refractivity contribution >= 4 is 17.3 Å². The first-order chi connectivity index (χ1) is 12.3. The van der Waals surface area contributed by atoms with Gasteiger partial charge < -0.3 is 9.30 Å². The van der Waals surface area contributed by atoms with Crippen LogP contribution in [0.15, 0.2) is 66.3 Å². The summed E-state index contributed by atoms with van der Waals surface area (Å²) < 4.78 is 8.85. The molecule has 0 N–H and O–H groups in total. The molecule has 4 rings (SSSR count). The number of carbonyl (C=O) groups excluding carboxylic acids is 1. The summed E-state index contributed by atoms with van der Waals surface area (Å²) in [6, 6.07) is 15.1. The van der Waals surface area contributed by atoms with Gasteiger partial charge in [-0.05, 0) is 46.1 Å². The topological polar surface area (TPSA) is 74.8 Å². The van der Waals surface area contributed by atoms with Crippen LogP contribution in [0, 0.1) is 0 Å².